The smallest absolute Gasteiger partial charge is 0.326 e. The molecule has 0 fully saturated rings. The number of carbonyl (C=O) groups is 4. The zero-order valence-corrected chi connectivity index (χ0v) is 28.4. The van der Waals surface area contributed by atoms with Crippen LogP contribution in [-0.2, 0) is 42.0 Å². The third-order valence-electron chi connectivity index (χ3n) is 8.00. The highest BCUT2D eigenvalue weighted by atomic mass is 32.2. The maximum absolute atomic E-state index is 13.4. The molecule has 2 aromatic rings. The Morgan fingerprint density at radius 2 is 1.60 bits per heavy atom. The second-order valence-electron chi connectivity index (χ2n) is 12.4. The van der Waals surface area contributed by atoms with Crippen LogP contribution in [0.25, 0.3) is 0 Å². The molecule has 2 amide bonds. The first kappa shape index (κ1) is 37.8. The van der Waals surface area contributed by atoms with Gasteiger partial charge in [-0.1, -0.05) is 30.3 Å². The number of carboxylic acid groups (broad SMARTS) is 2. The van der Waals surface area contributed by atoms with Crippen LogP contribution in [0.5, 0.6) is 5.75 Å². The van der Waals surface area contributed by atoms with Gasteiger partial charge in [-0.2, -0.15) is 0 Å². The van der Waals surface area contributed by atoms with Crippen molar-refractivity contribution in [3.05, 3.63) is 58.1 Å². The molecule has 48 heavy (non-hydrogen) atoms. The number of sulfonamides is 1. The third kappa shape index (κ3) is 9.67. The Hall–Kier alpha value is -4.70. The monoisotopic (exact) mass is 688 g/mol. The molecule has 0 aromatic heterocycles. The van der Waals surface area contributed by atoms with Crippen molar-refractivity contribution in [1.82, 2.24) is 15.4 Å². The summed E-state index contributed by atoms with van der Waals surface area (Å²) in [6, 6.07) is 4.55. The summed E-state index contributed by atoms with van der Waals surface area (Å²) in [5.41, 5.74) is 14.9. The Bertz CT molecular complexity index is 1690. The molecule has 1 heterocycles. The van der Waals surface area contributed by atoms with Crippen molar-refractivity contribution in [2.24, 2.45) is 16.5 Å². The van der Waals surface area contributed by atoms with Crippen molar-refractivity contribution in [3.63, 3.8) is 0 Å². The summed E-state index contributed by atoms with van der Waals surface area (Å²) in [6.45, 7) is 9.17. The highest BCUT2D eigenvalue weighted by Crippen LogP contribution is 2.43. The van der Waals surface area contributed by atoms with Gasteiger partial charge < -0.3 is 37.1 Å². The molecule has 0 radical (unpaired) electrons. The first-order chi connectivity index (χ1) is 22.3. The number of nitrogens with two attached hydrogens (primary N) is 2. The van der Waals surface area contributed by atoms with Gasteiger partial charge >= 0.3 is 11.9 Å². The SMILES string of the molecule is Cc1c(C)c(S(=O)(=O)NC(N)=NCCC[C@H](N)C(=O)N[C@@H](Cc2ccccc2)C(=O)N[C@@H](CC(=O)O)C(=O)O)c(C)c2c1OC(C)(C)C2. The molecular weight excluding hydrogens is 644 g/mol. The summed E-state index contributed by atoms with van der Waals surface area (Å²) < 4.78 is 35.2. The Morgan fingerprint density at radius 3 is 2.21 bits per heavy atom. The van der Waals surface area contributed by atoms with Crippen molar-refractivity contribution >= 4 is 39.7 Å². The molecule has 0 saturated heterocycles. The number of benzene rings is 2. The van der Waals surface area contributed by atoms with E-state index in [2.05, 4.69) is 20.3 Å². The summed E-state index contributed by atoms with van der Waals surface area (Å²) >= 11 is 0. The fraction of sp³-hybridized carbons (Fsp3) is 0.469. The van der Waals surface area contributed by atoms with Crippen LogP contribution in [0.15, 0.2) is 40.2 Å². The summed E-state index contributed by atoms with van der Waals surface area (Å²) in [7, 11) is -4.09. The molecule has 0 spiro atoms. The van der Waals surface area contributed by atoms with E-state index in [4.69, 9.17) is 21.3 Å². The summed E-state index contributed by atoms with van der Waals surface area (Å²) in [6.07, 6.45) is 0.00381. The van der Waals surface area contributed by atoms with E-state index < -0.39 is 63.9 Å². The molecule has 15 nitrogen and oxygen atoms in total. The van der Waals surface area contributed by atoms with E-state index in [1.807, 2.05) is 20.8 Å². The molecule has 0 unspecified atom stereocenters. The predicted octanol–water partition coefficient (Wildman–Crippen LogP) is 0.797. The maximum Gasteiger partial charge on any atom is 0.326 e. The number of carbonyl (C=O) groups excluding carboxylic acids is 2. The van der Waals surface area contributed by atoms with Gasteiger partial charge in [-0.05, 0) is 69.7 Å². The number of ether oxygens (including phenoxy) is 1. The molecule has 1 aliphatic rings. The number of nitrogens with zero attached hydrogens (tertiary/aromatic N) is 1. The Balaban J connectivity index is 1.62. The summed E-state index contributed by atoms with van der Waals surface area (Å²) in [5.74, 6) is -4.20. The lowest BCUT2D eigenvalue weighted by molar-refractivity contribution is -0.147. The fourth-order valence-corrected chi connectivity index (χ4v) is 7.02. The zero-order chi connectivity index (χ0) is 36.0. The molecule has 0 saturated carbocycles. The number of rotatable bonds is 15. The van der Waals surface area contributed by atoms with Gasteiger partial charge in [-0.25, -0.2) is 17.9 Å². The van der Waals surface area contributed by atoms with E-state index in [0.717, 1.165) is 11.1 Å². The number of aliphatic imine (C=N–C) groups is 1. The quantitative estimate of drug-likeness (QED) is 0.0783. The minimum atomic E-state index is -4.09. The largest absolute Gasteiger partial charge is 0.487 e. The fourth-order valence-electron chi connectivity index (χ4n) is 5.50. The van der Waals surface area contributed by atoms with Gasteiger partial charge in [0, 0.05) is 24.9 Å². The van der Waals surface area contributed by atoms with Crippen LogP contribution in [0.2, 0.25) is 0 Å². The number of aliphatic carboxylic acids is 2. The van der Waals surface area contributed by atoms with Crippen LogP contribution in [0.3, 0.4) is 0 Å². The predicted molar refractivity (Wildman–Crippen MR) is 177 cm³/mol. The van der Waals surface area contributed by atoms with Crippen molar-refractivity contribution in [1.29, 1.82) is 0 Å². The Morgan fingerprint density at radius 1 is 0.979 bits per heavy atom. The van der Waals surface area contributed by atoms with E-state index in [1.54, 1.807) is 44.2 Å². The van der Waals surface area contributed by atoms with E-state index in [1.165, 1.54) is 0 Å². The second-order valence-corrected chi connectivity index (χ2v) is 14.0. The number of hydrogen-bond acceptors (Lipinski definition) is 9. The summed E-state index contributed by atoms with van der Waals surface area (Å²) in [5, 5.41) is 23.0. The van der Waals surface area contributed by atoms with Crippen molar-refractivity contribution in [2.45, 2.75) is 95.3 Å². The highest BCUT2D eigenvalue weighted by molar-refractivity contribution is 7.90. The van der Waals surface area contributed by atoms with Gasteiger partial charge in [0.2, 0.25) is 17.8 Å². The van der Waals surface area contributed by atoms with Crippen molar-refractivity contribution in [3.8, 4) is 5.75 Å². The van der Waals surface area contributed by atoms with Crippen LogP contribution in [0, 0.1) is 20.8 Å². The van der Waals surface area contributed by atoms with Gasteiger partial charge in [-0.15, -0.1) is 0 Å². The number of carboxylic acids is 2. The molecule has 262 valence electrons. The van der Waals surface area contributed by atoms with E-state index in [-0.39, 0.29) is 36.7 Å². The van der Waals surface area contributed by atoms with Crippen LogP contribution < -0.4 is 31.6 Å². The average Bonchev–Trinajstić information content (AvgIpc) is 3.33. The molecule has 0 aliphatic carbocycles. The van der Waals surface area contributed by atoms with Crippen LogP contribution in [0.1, 0.15) is 60.9 Å². The van der Waals surface area contributed by atoms with Gasteiger partial charge in [0.15, 0.2) is 0 Å². The number of fused-ring (bicyclic) bond motifs is 1. The number of nitrogens with one attached hydrogen (secondary N) is 3. The normalized spacial score (nSPS) is 15.8. The molecule has 0 bridgehead atoms. The topological polar surface area (TPSA) is 253 Å². The minimum Gasteiger partial charge on any atom is -0.487 e. The molecule has 3 atom stereocenters. The third-order valence-corrected chi connectivity index (χ3v) is 9.63. The van der Waals surface area contributed by atoms with Gasteiger partial charge in [-0.3, -0.25) is 19.4 Å². The highest BCUT2D eigenvalue weighted by Gasteiger charge is 2.37. The van der Waals surface area contributed by atoms with E-state index >= 15 is 0 Å². The van der Waals surface area contributed by atoms with Crippen LogP contribution >= 0.6 is 0 Å². The summed E-state index contributed by atoms with van der Waals surface area (Å²) in [4.78, 5) is 52.7. The number of hydrogen-bond donors (Lipinski definition) is 7. The van der Waals surface area contributed by atoms with Gasteiger partial charge in [0.25, 0.3) is 10.0 Å². The van der Waals surface area contributed by atoms with Crippen LogP contribution in [0.4, 0.5) is 0 Å². The Labute approximate surface area is 279 Å². The molecule has 9 N–H and O–H groups in total. The van der Waals surface area contributed by atoms with Gasteiger partial charge in [0.1, 0.15) is 23.4 Å². The lowest BCUT2D eigenvalue weighted by Gasteiger charge is -2.22. The maximum atomic E-state index is 13.4. The van der Waals surface area contributed by atoms with E-state index in [0.29, 0.717) is 28.9 Å². The molecule has 3 rings (SSSR count). The second kappa shape index (κ2) is 15.5. The molecule has 2 aromatic carbocycles. The average molecular weight is 689 g/mol. The molecule has 1 aliphatic heterocycles. The first-order valence-corrected chi connectivity index (χ1v) is 16.8. The zero-order valence-electron chi connectivity index (χ0n) is 27.6. The van der Waals surface area contributed by atoms with Crippen molar-refractivity contribution in [2.75, 3.05) is 6.54 Å². The van der Waals surface area contributed by atoms with E-state index in [9.17, 15) is 32.7 Å². The molecular formula is C32H44N6O9S. The number of guanidine groups is 1. The Kier molecular flexibility index (Phi) is 12.2. The van der Waals surface area contributed by atoms with Crippen LogP contribution in [-0.4, -0.2) is 78.6 Å². The lowest BCUT2D eigenvalue weighted by Crippen LogP contribution is -2.55. The lowest BCUT2D eigenvalue weighted by atomic mass is 9.94. The first-order valence-electron chi connectivity index (χ1n) is 15.3. The minimum absolute atomic E-state index is 0.0149. The van der Waals surface area contributed by atoms with Gasteiger partial charge in [0.05, 0.1) is 17.4 Å². The standard InChI is InChI=1S/C32H44N6O9S/c1-17-18(2)27(19(3)21-16-32(4,5)47-26(17)21)48(45,46)38-31(34)35-13-9-12-22(33)28(41)36-23(14-20-10-7-6-8-11-20)29(42)37-24(30(43)44)15-25(39)40/h6-8,10-11,22-24H,9,12-16,33H2,1-5H3,(H,36,41)(H,37,42)(H,39,40)(H,43,44)(H3,34,35,38)/t22-,23-,24-/m0/s1. The van der Waals surface area contributed by atoms with Crippen molar-refractivity contribution < 1.29 is 42.5 Å². The molecule has 16 heteroatoms. The number of amides is 2.